The molecular weight excluding hydrogens is 238 g/mol. The number of thiophene rings is 1. The Morgan fingerprint density at radius 2 is 2.35 bits per heavy atom. The molecule has 0 aliphatic carbocycles. The summed E-state index contributed by atoms with van der Waals surface area (Å²) >= 11 is 1.50. The van der Waals surface area contributed by atoms with Gasteiger partial charge in [0.2, 0.25) is 0 Å². The van der Waals surface area contributed by atoms with E-state index < -0.39 is 5.97 Å². The van der Waals surface area contributed by atoms with Gasteiger partial charge in [0, 0.05) is 17.4 Å². The van der Waals surface area contributed by atoms with Gasteiger partial charge in [-0.05, 0) is 17.4 Å². The van der Waals surface area contributed by atoms with E-state index in [2.05, 4.69) is 5.16 Å². The van der Waals surface area contributed by atoms with Crippen molar-refractivity contribution < 1.29 is 14.4 Å². The average molecular weight is 251 g/mol. The van der Waals surface area contributed by atoms with Crippen molar-refractivity contribution in [3.63, 3.8) is 0 Å². The number of hydrogen-bond acceptors (Lipinski definition) is 4. The van der Waals surface area contributed by atoms with E-state index >= 15 is 0 Å². The van der Waals surface area contributed by atoms with Gasteiger partial charge in [0.1, 0.15) is 11.3 Å². The highest BCUT2D eigenvalue weighted by Crippen LogP contribution is 2.28. The second-order valence-corrected chi connectivity index (χ2v) is 5.02. The van der Waals surface area contributed by atoms with Crippen LogP contribution in [0.4, 0.5) is 0 Å². The topological polar surface area (TPSA) is 63.3 Å². The van der Waals surface area contributed by atoms with E-state index in [1.54, 1.807) is 0 Å². The maximum Gasteiger partial charge on any atom is 0.341 e. The summed E-state index contributed by atoms with van der Waals surface area (Å²) in [4.78, 5) is 11.3. The number of carbonyl (C=O) groups is 1. The average Bonchev–Trinajstić information content (AvgIpc) is 2.82. The lowest BCUT2D eigenvalue weighted by Crippen LogP contribution is -2.03. The summed E-state index contributed by atoms with van der Waals surface area (Å²) in [5.41, 5.74) is 1.41. The predicted octanol–water partition coefficient (Wildman–Crippen LogP) is 3.30. The van der Waals surface area contributed by atoms with Crippen LogP contribution in [0.2, 0.25) is 0 Å². The Kier molecular flexibility index (Phi) is 3.28. The fourth-order valence-corrected chi connectivity index (χ4v) is 2.29. The predicted molar refractivity (Wildman–Crippen MR) is 65.3 cm³/mol. The zero-order valence-electron chi connectivity index (χ0n) is 9.64. The van der Waals surface area contributed by atoms with Crippen LogP contribution in [-0.4, -0.2) is 16.2 Å². The highest BCUT2D eigenvalue weighted by atomic mass is 32.1. The molecule has 1 N–H and O–H groups in total. The van der Waals surface area contributed by atoms with E-state index in [0.29, 0.717) is 23.8 Å². The van der Waals surface area contributed by atoms with Crippen LogP contribution in [-0.2, 0) is 6.42 Å². The van der Waals surface area contributed by atoms with E-state index in [1.165, 1.54) is 11.3 Å². The van der Waals surface area contributed by atoms with E-state index in [9.17, 15) is 9.90 Å². The Hall–Kier alpha value is -1.62. The summed E-state index contributed by atoms with van der Waals surface area (Å²) in [7, 11) is 0. The van der Waals surface area contributed by atoms with Crippen LogP contribution in [0.25, 0.3) is 11.3 Å². The highest BCUT2D eigenvalue weighted by Gasteiger charge is 2.23. The van der Waals surface area contributed by atoms with Crippen molar-refractivity contribution in [2.45, 2.75) is 20.3 Å². The zero-order valence-corrected chi connectivity index (χ0v) is 10.5. The van der Waals surface area contributed by atoms with Crippen molar-refractivity contribution in [1.29, 1.82) is 0 Å². The molecule has 90 valence electrons. The Labute approximate surface area is 103 Å². The molecule has 0 atom stereocenters. The van der Waals surface area contributed by atoms with Crippen LogP contribution < -0.4 is 0 Å². The molecule has 0 amide bonds. The standard InChI is InChI=1S/C12H13NO3S/c1-7(2)5-9-10(12(14)15)11(13-16-9)8-3-4-17-6-8/h3-4,6-7H,5H2,1-2H3,(H,14,15). The molecule has 0 fully saturated rings. The Morgan fingerprint density at radius 1 is 1.59 bits per heavy atom. The first-order chi connectivity index (χ1) is 8.09. The van der Waals surface area contributed by atoms with Crippen molar-refractivity contribution >= 4 is 17.3 Å². The molecule has 0 unspecified atom stereocenters. The van der Waals surface area contributed by atoms with Crippen LogP contribution in [0.5, 0.6) is 0 Å². The Morgan fingerprint density at radius 3 is 2.88 bits per heavy atom. The molecule has 0 saturated carbocycles. The van der Waals surface area contributed by atoms with Gasteiger partial charge < -0.3 is 9.63 Å². The van der Waals surface area contributed by atoms with Gasteiger partial charge in [0.15, 0.2) is 5.76 Å². The molecule has 17 heavy (non-hydrogen) atoms. The SMILES string of the molecule is CC(C)Cc1onc(-c2ccsc2)c1C(=O)O. The Balaban J connectivity index is 2.47. The summed E-state index contributed by atoms with van der Waals surface area (Å²) in [6, 6.07) is 1.84. The molecule has 2 aromatic heterocycles. The number of nitrogens with zero attached hydrogens (tertiary/aromatic N) is 1. The molecule has 0 bridgehead atoms. The van der Waals surface area contributed by atoms with Gasteiger partial charge in [-0.1, -0.05) is 19.0 Å². The lowest BCUT2D eigenvalue weighted by atomic mass is 10.0. The lowest BCUT2D eigenvalue weighted by Gasteiger charge is -2.01. The largest absolute Gasteiger partial charge is 0.477 e. The van der Waals surface area contributed by atoms with E-state index in [4.69, 9.17) is 4.52 Å². The van der Waals surface area contributed by atoms with Gasteiger partial charge in [-0.25, -0.2) is 4.79 Å². The van der Waals surface area contributed by atoms with Crippen LogP contribution in [0.1, 0.15) is 30.0 Å². The summed E-state index contributed by atoms with van der Waals surface area (Å²) in [5, 5.41) is 16.9. The number of aromatic nitrogens is 1. The van der Waals surface area contributed by atoms with Gasteiger partial charge in [0.05, 0.1) is 0 Å². The quantitative estimate of drug-likeness (QED) is 0.905. The van der Waals surface area contributed by atoms with Gasteiger partial charge in [-0.15, -0.1) is 0 Å². The molecule has 0 radical (unpaired) electrons. The normalized spacial score (nSPS) is 11.0. The van der Waals surface area contributed by atoms with Crippen molar-refractivity contribution in [1.82, 2.24) is 5.16 Å². The lowest BCUT2D eigenvalue weighted by molar-refractivity contribution is 0.0695. The zero-order chi connectivity index (χ0) is 12.4. The van der Waals surface area contributed by atoms with Crippen molar-refractivity contribution in [3.05, 3.63) is 28.2 Å². The van der Waals surface area contributed by atoms with Gasteiger partial charge in [-0.2, -0.15) is 11.3 Å². The first-order valence-corrected chi connectivity index (χ1v) is 6.28. The first kappa shape index (κ1) is 11.9. The molecule has 0 aromatic carbocycles. The summed E-state index contributed by atoms with van der Waals surface area (Å²) < 4.78 is 5.17. The van der Waals surface area contributed by atoms with Gasteiger partial charge in [0.25, 0.3) is 0 Å². The van der Waals surface area contributed by atoms with E-state index in [-0.39, 0.29) is 5.56 Å². The minimum absolute atomic E-state index is 0.192. The molecule has 2 aromatic rings. The maximum atomic E-state index is 11.3. The second-order valence-electron chi connectivity index (χ2n) is 4.24. The minimum Gasteiger partial charge on any atom is -0.477 e. The molecule has 0 aliphatic rings. The fourth-order valence-electron chi connectivity index (χ4n) is 1.65. The molecule has 5 heteroatoms. The number of hydrogen-bond donors (Lipinski definition) is 1. The summed E-state index contributed by atoms with van der Waals surface area (Å²) in [6.07, 6.45) is 0.582. The third kappa shape index (κ3) is 2.39. The molecule has 0 spiro atoms. The second kappa shape index (κ2) is 4.71. The summed E-state index contributed by atoms with van der Waals surface area (Å²) in [5.74, 6) is -0.201. The molecule has 0 aliphatic heterocycles. The smallest absolute Gasteiger partial charge is 0.341 e. The molecule has 4 nitrogen and oxygen atoms in total. The highest BCUT2D eigenvalue weighted by molar-refractivity contribution is 7.08. The van der Waals surface area contributed by atoms with Crippen molar-refractivity contribution in [3.8, 4) is 11.3 Å². The molecular formula is C12H13NO3S. The van der Waals surface area contributed by atoms with Crippen LogP contribution >= 0.6 is 11.3 Å². The van der Waals surface area contributed by atoms with E-state index in [0.717, 1.165) is 5.56 Å². The molecule has 2 heterocycles. The minimum atomic E-state index is -0.983. The third-order valence-corrected chi connectivity index (χ3v) is 3.05. The summed E-state index contributed by atoms with van der Waals surface area (Å²) in [6.45, 7) is 4.02. The van der Waals surface area contributed by atoms with Crippen LogP contribution in [0.3, 0.4) is 0 Å². The number of rotatable bonds is 4. The van der Waals surface area contributed by atoms with Gasteiger partial charge in [-0.3, -0.25) is 0 Å². The third-order valence-electron chi connectivity index (χ3n) is 2.36. The van der Waals surface area contributed by atoms with Crippen molar-refractivity contribution in [2.75, 3.05) is 0 Å². The monoisotopic (exact) mass is 251 g/mol. The first-order valence-electron chi connectivity index (χ1n) is 5.34. The van der Waals surface area contributed by atoms with E-state index in [1.807, 2.05) is 30.7 Å². The van der Waals surface area contributed by atoms with Crippen molar-refractivity contribution in [2.24, 2.45) is 5.92 Å². The fraction of sp³-hybridized carbons (Fsp3) is 0.333. The number of carboxylic acid groups (broad SMARTS) is 1. The van der Waals surface area contributed by atoms with Gasteiger partial charge >= 0.3 is 5.97 Å². The Bertz CT molecular complexity index is 514. The van der Waals surface area contributed by atoms with Crippen LogP contribution in [0, 0.1) is 5.92 Å². The number of carboxylic acids is 1. The maximum absolute atomic E-state index is 11.3. The number of aromatic carboxylic acids is 1. The van der Waals surface area contributed by atoms with Crippen LogP contribution in [0.15, 0.2) is 21.3 Å². The molecule has 0 saturated heterocycles. The molecule has 2 rings (SSSR count).